The molecule has 0 amide bonds. The predicted molar refractivity (Wildman–Crippen MR) is 232 cm³/mol. The van der Waals surface area contributed by atoms with Crippen LogP contribution in [0.4, 0.5) is 0 Å². The lowest BCUT2D eigenvalue weighted by Gasteiger charge is -2.28. The number of hydrogen-bond acceptors (Lipinski definition) is 9. The molecular formula is C46H80NO9P. The third-order valence-corrected chi connectivity index (χ3v) is 9.75. The van der Waals surface area contributed by atoms with Crippen LogP contribution in [0.15, 0.2) is 72.9 Å². The summed E-state index contributed by atoms with van der Waals surface area (Å²) in [6, 6.07) is 0. The Bertz CT molecular complexity index is 1220. The first-order valence-corrected chi connectivity index (χ1v) is 23.2. The molecule has 0 aliphatic carbocycles. The second kappa shape index (κ2) is 37.7. The second-order valence-corrected chi connectivity index (χ2v) is 16.9. The smallest absolute Gasteiger partial charge is 0.306 e. The van der Waals surface area contributed by atoms with Gasteiger partial charge in [-0.05, 0) is 70.6 Å². The van der Waals surface area contributed by atoms with Gasteiger partial charge in [0.25, 0.3) is 7.82 Å². The van der Waals surface area contributed by atoms with Gasteiger partial charge in [0.1, 0.15) is 19.8 Å². The summed E-state index contributed by atoms with van der Waals surface area (Å²) in [6.45, 7) is 3.92. The number of likely N-dealkylation sites (N-methyl/N-ethyl adjacent to an activating group) is 1. The predicted octanol–water partition coefficient (Wildman–Crippen LogP) is 10.6. The zero-order chi connectivity index (χ0) is 42.3. The van der Waals surface area contributed by atoms with E-state index in [0.717, 1.165) is 44.9 Å². The third-order valence-electron chi connectivity index (χ3n) is 8.79. The number of carbonyl (C=O) groups excluding carboxylic acids is 2. The Kier molecular flexibility index (Phi) is 36.0. The Morgan fingerprint density at radius 2 is 1.25 bits per heavy atom. The van der Waals surface area contributed by atoms with Crippen LogP contribution in [0.5, 0.6) is 0 Å². The van der Waals surface area contributed by atoms with Crippen LogP contribution in [0, 0.1) is 0 Å². The average Bonchev–Trinajstić information content (AvgIpc) is 3.15. The molecule has 0 bridgehead atoms. The molecule has 0 aromatic carbocycles. The molecule has 0 spiro atoms. The highest BCUT2D eigenvalue weighted by atomic mass is 31.2. The minimum absolute atomic E-state index is 0.0573. The van der Waals surface area contributed by atoms with E-state index in [4.69, 9.17) is 18.5 Å². The van der Waals surface area contributed by atoms with Crippen molar-refractivity contribution in [3.8, 4) is 0 Å². The number of esters is 2. The molecule has 10 nitrogen and oxygen atoms in total. The van der Waals surface area contributed by atoms with Gasteiger partial charge in [-0.3, -0.25) is 14.2 Å². The molecule has 3 atom stereocenters. The van der Waals surface area contributed by atoms with Crippen molar-refractivity contribution in [1.82, 2.24) is 0 Å². The highest BCUT2D eigenvalue weighted by Gasteiger charge is 2.21. The van der Waals surface area contributed by atoms with Crippen molar-refractivity contribution >= 4 is 19.8 Å². The van der Waals surface area contributed by atoms with Crippen LogP contribution in [0.25, 0.3) is 0 Å². The van der Waals surface area contributed by atoms with Gasteiger partial charge < -0.3 is 33.0 Å². The molecule has 11 heteroatoms. The van der Waals surface area contributed by atoms with Gasteiger partial charge in [-0.15, -0.1) is 0 Å². The van der Waals surface area contributed by atoms with Gasteiger partial charge in [0.05, 0.1) is 33.9 Å². The van der Waals surface area contributed by atoms with E-state index < -0.39 is 38.6 Å². The Labute approximate surface area is 347 Å². The molecule has 0 heterocycles. The van der Waals surface area contributed by atoms with Gasteiger partial charge in [-0.2, -0.15) is 0 Å². The zero-order valence-electron chi connectivity index (χ0n) is 36.4. The van der Waals surface area contributed by atoms with Gasteiger partial charge in [0.2, 0.25) is 0 Å². The second-order valence-electron chi connectivity index (χ2n) is 15.5. The van der Waals surface area contributed by atoms with Crippen molar-refractivity contribution in [2.45, 2.75) is 161 Å². The lowest BCUT2D eigenvalue weighted by Crippen LogP contribution is -2.37. The molecule has 0 aromatic rings. The Balaban J connectivity index is 4.56. The summed E-state index contributed by atoms with van der Waals surface area (Å²) in [7, 11) is 1.07. The fourth-order valence-corrected chi connectivity index (χ4v) is 6.08. The number of allylic oxidation sites excluding steroid dienone is 10. The molecule has 328 valence electrons. The summed E-state index contributed by atoms with van der Waals surface area (Å²) in [4.78, 5) is 37.5. The molecule has 0 saturated carbocycles. The fourth-order valence-electron chi connectivity index (χ4n) is 5.36. The first-order valence-electron chi connectivity index (χ1n) is 21.8. The maximum Gasteiger partial charge on any atom is 0.306 e. The van der Waals surface area contributed by atoms with Crippen LogP contribution in [0.2, 0.25) is 0 Å². The van der Waals surface area contributed by atoms with Gasteiger partial charge in [0.15, 0.2) is 6.10 Å². The third kappa shape index (κ3) is 41.4. The van der Waals surface area contributed by atoms with Crippen molar-refractivity contribution < 1.29 is 47.2 Å². The highest BCUT2D eigenvalue weighted by molar-refractivity contribution is 7.45. The number of ether oxygens (including phenoxy) is 2. The number of aliphatic hydroxyl groups is 1. The molecule has 0 rings (SSSR count). The van der Waals surface area contributed by atoms with Crippen molar-refractivity contribution in [2.24, 2.45) is 0 Å². The number of unbranched alkanes of at least 4 members (excludes halogenated alkanes) is 12. The van der Waals surface area contributed by atoms with Crippen LogP contribution in [-0.4, -0.2) is 81.2 Å². The average molecular weight is 822 g/mol. The SMILES string of the molecule is CC/C=C\C/C=C\CC(O)/C=C/C=C\C/C=C\CCCC(=O)OC(COC(=O)CCCCCCC/C=C\CCCCCCCC)COP(=O)([O-])OCC[N+](C)(C)C. The number of carbonyl (C=O) groups is 2. The minimum atomic E-state index is -4.66. The van der Waals surface area contributed by atoms with Crippen LogP contribution < -0.4 is 4.89 Å². The largest absolute Gasteiger partial charge is 0.756 e. The molecule has 0 fully saturated rings. The molecule has 0 aromatic heterocycles. The van der Waals surface area contributed by atoms with Gasteiger partial charge >= 0.3 is 11.9 Å². The van der Waals surface area contributed by atoms with Crippen molar-refractivity contribution in [3.05, 3.63) is 72.9 Å². The minimum Gasteiger partial charge on any atom is -0.756 e. The van der Waals surface area contributed by atoms with E-state index in [2.05, 4.69) is 38.2 Å². The standard InChI is InChI=1S/C46H80NO9P/c1-6-8-10-12-14-15-16-17-18-19-20-21-25-29-33-37-45(49)53-41-44(42-55-57(51,52)54-40-39-47(3,4)5)56-46(50)38-34-30-26-23-22-24-28-32-36-43(48)35-31-27-13-11-9-7-2/h9,11,17-18,23-24,26-28,31-32,36,43-44,48H,6-8,10,12-16,19-22,25,29-30,33-35,37-42H2,1-5H3/b11-9-,18-17-,26-23-,28-24-,31-27-,36-32+. The lowest BCUT2D eigenvalue weighted by molar-refractivity contribution is -0.870. The summed E-state index contributed by atoms with van der Waals surface area (Å²) >= 11 is 0. The summed E-state index contributed by atoms with van der Waals surface area (Å²) in [6.07, 6.45) is 42.5. The van der Waals surface area contributed by atoms with Gasteiger partial charge in [-0.1, -0.05) is 138 Å². The van der Waals surface area contributed by atoms with E-state index in [1.165, 1.54) is 44.9 Å². The quantitative estimate of drug-likeness (QED) is 0.0161. The summed E-state index contributed by atoms with van der Waals surface area (Å²) in [5.74, 6) is -0.958. The van der Waals surface area contributed by atoms with E-state index in [-0.39, 0.29) is 26.1 Å². The lowest BCUT2D eigenvalue weighted by atomic mass is 10.1. The normalized spacial score (nSPS) is 14.9. The van der Waals surface area contributed by atoms with Gasteiger partial charge in [0, 0.05) is 12.8 Å². The molecule has 1 N–H and O–H groups in total. The van der Waals surface area contributed by atoms with Gasteiger partial charge in [-0.25, -0.2) is 0 Å². The molecular weight excluding hydrogens is 741 g/mol. The molecule has 0 aliphatic rings. The maximum absolute atomic E-state index is 12.6. The van der Waals surface area contributed by atoms with E-state index in [0.29, 0.717) is 43.1 Å². The number of rotatable bonds is 38. The first kappa shape index (κ1) is 54.4. The van der Waals surface area contributed by atoms with Crippen LogP contribution in [0.1, 0.15) is 149 Å². The summed E-state index contributed by atoms with van der Waals surface area (Å²) in [5.41, 5.74) is 0. The van der Waals surface area contributed by atoms with E-state index in [1.54, 1.807) is 6.08 Å². The van der Waals surface area contributed by atoms with Crippen LogP contribution in [0.3, 0.4) is 0 Å². The van der Waals surface area contributed by atoms with Crippen molar-refractivity contribution in [2.75, 3.05) is 47.5 Å². The number of quaternary nitrogens is 1. The molecule has 0 aliphatic heterocycles. The monoisotopic (exact) mass is 822 g/mol. The molecule has 0 radical (unpaired) electrons. The highest BCUT2D eigenvalue weighted by Crippen LogP contribution is 2.38. The number of aliphatic hydroxyl groups excluding tert-OH is 1. The number of phosphoric acid groups is 1. The number of nitrogens with zero attached hydrogens (tertiary/aromatic N) is 1. The molecule has 57 heavy (non-hydrogen) atoms. The Morgan fingerprint density at radius 1 is 0.667 bits per heavy atom. The van der Waals surface area contributed by atoms with E-state index >= 15 is 0 Å². The van der Waals surface area contributed by atoms with Crippen LogP contribution >= 0.6 is 7.82 Å². The molecule has 0 saturated heterocycles. The maximum atomic E-state index is 12.6. The summed E-state index contributed by atoms with van der Waals surface area (Å²) in [5, 5.41) is 10.0. The number of hydrogen-bond donors (Lipinski definition) is 1. The van der Waals surface area contributed by atoms with E-state index in [9.17, 15) is 24.2 Å². The molecule has 3 unspecified atom stereocenters. The Hall–Kier alpha value is -2.59. The Morgan fingerprint density at radius 3 is 1.93 bits per heavy atom. The van der Waals surface area contributed by atoms with E-state index in [1.807, 2.05) is 63.7 Å². The zero-order valence-corrected chi connectivity index (χ0v) is 37.3. The topological polar surface area (TPSA) is 131 Å². The first-order chi connectivity index (χ1) is 27.4. The number of phosphoric ester groups is 1. The summed E-state index contributed by atoms with van der Waals surface area (Å²) < 4.78 is 33.7. The fraction of sp³-hybridized carbons (Fsp3) is 0.696. The van der Waals surface area contributed by atoms with Crippen LogP contribution in [-0.2, 0) is 32.7 Å². The van der Waals surface area contributed by atoms with Crippen molar-refractivity contribution in [1.29, 1.82) is 0 Å². The van der Waals surface area contributed by atoms with Crippen molar-refractivity contribution in [3.63, 3.8) is 0 Å².